The van der Waals surface area contributed by atoms with Gasteiger partial charge in [-0.2, -0.15) is 0 Å². The number of amides is 1. The van der Waals surface area contributed by atoms with E-state index in [1.165, 1.54) is 12.8 Å². The normalized spacial score (nSPS) is 23.1. The monoisotopic (exact) mass is 402 g/mol. The lowest BCUT2D eigenvalue weighted by molar-refractivity contribution is -0.117. The first-order chi connectivity index (χ1) is 14.1. The van der Waals surface area contributed by atoms with Crippen molar-refractivity contribution in [3.63, 3.8) is 0 Å². The summed E-state index contributed by atoms with van der Waals surface area (Å²) in [6.45, 7) is 7.23. The summed E-state index contributed by atoms with van der Waals surface area (Å²) in [4.78, 5) is 14.5. The molecule has 1 aromatic carbocycles. The number of nitrogens with one attached hydrogen (secondary N) is 1. The van der Waals surface area contributed by atoms with E-state index in [-0.39, 0.29) is 5.91 Å². The van der Waals surface area contributed by atoms with Crippen LogP contribution in [0.2, 0.25) is 0 Å². The molecule has 0 aromatic heterocycles. The molecule has 0 atom stereocenters. The molecule has 6 heteroatoms. The van der Waals surface area contributed by atoms with Gasteiger partial charge in [0.15, 0.2) is 11.5 Å². The van der Waals surface area contributed by atoms with E-state index in [4.69, 9.17) is 14.2 Å². The van der Waals surface area contributed by atoms with Crippen LogP contribution in [-0.4, -0.2) is 63.4 Å². The van der Waals surface area contributed by atoms with Crippen molar-refractivity contribution in [3.05, 3.63) is 29.8 Å². The number of carbonyl (C=O) groups is 1. The van der Waals surface area contributed by atoms with Crippen LogP contribution in [0.1, 0.15) is 38.2 Å². The molecule has 0 bridgehead atoms. The average Bonchev–Trinajstić information content (AvgIpc) is 2.75. The topological polar surface area (TPSA) is 60.0 Å². The molecule has 2 aliphatic rings. The summed E-state index contributed by atoms with van der Waals surface area (Å²) in [5.41, 5.74) is 0.912. The standard InChI is InChI=1S/C23H34N2O4/c1-18-3-7-20(8-4-18)24-23(26)10-6-19-5-9-21(22(17-19)27-2)29-16-13-25-11-14-28-15-12-25/h5-6,9-10,17-18,20H,3-4,7-8,11-16H2,1-2H3,(H,24,26)/b10-6+/t18-,20-. The predicted molar refractivity (Wildman–Crippen MR) is 114 cm³/mol. The molecule has 1 aliphatic heterocycles. The van der Waals surface area contributed by atoms with Gasteiger partial charge in [0, 0.05) is 31.8 Å². The van der Waals surface area contributed by atoms with Gasteiger partial charge in [-0.1, -0.05) is 13.0 Å². The van der Waals surface area contributed by atoms with E-state index in [1.54, 1.807) is 13.2 Å². The minimum atomic E-state index is -0.0330. The van der Waals surface area contributed by atoms with Gasteiger partial charge in [-0.15, -0.1) is 0 Å². The van der Waals surface area contributed by atoms with Crippen LogP contribution in [0.15, 0.2) is 24.3 Å². The minimum absolute atomic E-state index is 0.0330. The van der Waals surface area contributed by atoms with Crippen molar-refractivity contribution in [2.45, 2.75) is 38.6 Å². The van der Waals surface area contributed by atoms with Gasteiger partial charge in [-0.05, 0) is 55.4 Å². The van der Waals surface area contributed by atoms with Crippen LogP contribution in [-0.2, 0) is 9.53 Å². The van der Waals surface area contributed by atoms with E-state index in [1.807, 2.05) is 24.3 Å². The van der Waals surface area contributed by atoms with Gasteiger partial charge in [0.2, 0.25) is 5.91 Å². The first-order valence-corrected chi connectivity index (χ1v) is 10.7. The second-order valence-electron chi connectivity index (χ2n) is 8.01. The maximum absolute atomic E-state index is 12.2. The number of rotatable bonds is 8. The molecule has 1 heterocycles. The number of ether oxygens (including phenoxy) is 3. The van der Waals surface area contributed by atoms with Crippen molar-refractivity contribution >= 4 is 12.0 Å². The molecular formula is C23H34N2O4. The number of morpholine rings is 1. The zero-order valence-corrected chi connectivity index (χ0v) is 17.7. The Morgan fingerprint density at radius 3 is 2.69 bits per heavy atom. The lowest BCUT2D eigenvalue weighted by Gasteiger charge is -2.26. The zero-order chi connectivity index (χ0) is 20.5. The molecule has 1 N–H and O–H groups in total. The van der Waals surface area contributed by atoms with Crippen molar-refractivity contribution in [1.29, 1.82) is 0 Å². The summed E-state index contributed by atoms with van der Waals surface area (Å²) in [6.07, 6.45) is 7.96. The number of methoxy groups -OCH3 is 1. The Balaban J connectivity index is 1.48. The summed E-state index contributed by atoms with van der Waals surface area (Å²) in [5.74, 6) is 2.14. The van der Waals surface area contributed by atoms with E-state index in [9.17, 15) is 4.79 Å². The smallest absolute Gasteiger partial charge is 0.244 e. The maximum Gasteiger partial charge on any atom is 0.244 e. The summed E-state index contributed by atoms with van der Waals surface area (Å²) < 4.78 is 16.7. The van der Waals surface area contributed by atoms with Crippen molar-refractivity contribution in [1.82, 2.24) is 10.2 Å². The fourth-order valence-electron chi connectivity index (χ4n) is 3.84. The van der Waals surface area contributed by atoms with Crippen LogP contribution >= 0.6 is 0 Å². The number of hydrogen-bond donors (Lipinski definition) is 1. The van der Waals surface area contributed by atoms with E-state index in [0.29, 0.717) is 18.4 Å². The number of hydrogen-bond acceptors (Lipinski definition) is 5. The molecule has 0 unspecified atom stereocenters. The van der Waals surface area contributed by atoms with Crippen molar-refractivity contribution in [3.8, 4) is 11.5 Å². The fraction of sp³-hybridized carbons (Fsp3) is 0.609. The van der Waals surface area contributed by atoms with Crippen LogP contribution in [0.3, 0.4) is 0 Å². The highest BCUT2D eigenvalue weighted by molar-refractivity contribution is 5.92. The van der Waals surface area contributed by atoms with Crippen LogP contribution in [0.5, 0.6) is 11.5 Å². The summed E-state index contributed by atoms with van der Waals surface area (Å²) in [5, 5.41) is 3.11. The quantitative estimate of drug-likeness (QED) is 0.677. The van der Waals surface area contributed by atoms with Crippen LogP contribution in [0.25, 0.3) is 6.08 Å². The highest BCUT2D eigenvalue weighted by atomic mass is 16.5. The Kier molecular flexibility index (Phi) is 8.38. The second kappa shape index (κ2) is 11.2. The van der Waals surface area contributed by atoms with Crippen molar-refractivity contribution in [2.24, 2.45) is 5.92 Å². The first kappa shape index (κ1) is 21.7. The third kappa shape index (κ3) is 7.05. The Morgan fingerprint density at radius 1 is 1.21 bits per heavy atom. The zero-order valence-electron chi connectivity index (χ0n) is 17.7. The summed E-state index contributed by atoms with van der Waals surface area (Å²) >= 11 is 0. The van der Waals surface area contributed by atoms with Gasteiger partial charge in [-0.3, -0.25) is 9.69 Å². The highest BCUT2D eigenvalue weighted by Crippen LogP contribution is 2.28. The van der Waals surface area contributed by atoms with E-state index < -0.39 is 0 Å². The van der Waals surface area contributed by atoms with Crippen LogP contribution < -0.4 is 14.8 Å². The lowest BCUT2D eigenvalue weighted by atomic mass is 9.87. The minimum Gasteiger partial charge on any atom is -0.493 e. The third-order valence-corrected chi connectivity index (χ3v) is 5.75. The van der Waals surface area contributed by atoms with Crippen LogP contribution in [0, 0.1) is 5.92 Å². The van der Waals surface area contributed by atoms with Gasteiger partial charge >= 0.3 is 0 Å². The molecule has 1 amide bonds. The number of benzene rings is 1. The molecule has 2 fully saturated rings. The second-order valence-corrected chi connectivity index (χ2v) is 8.01. The Morgan fingerprint density at radius 2 is 1.97 bits per heavy atom. The largest absolute Gasteiger partial charge is 0.493 e. The molecule has 0 spiro atoms. The third-order valence-electron chi connectivity index (χ3n) is 5.75. The first-order valence-electron chi connectivity index (χ1n) is 10.7. The Bertz CT molecular complexity index is 677. The molecule has 1 saturated heterocycles. The Hall–Kier alpha value is -2.05. The van der Waals surface area contributed by atoms with Gasteiger partial charge in [0.25, 0.3) is 0 Å². The number of carbonyl (C=O) groups excluding carboxylic acids is 1. The molecular weight excluding hydrogens is 368 g/mol. The van der Waals surface area contributed by atoms with Crippen LogP contribution in [0.4, 0.5) is 0 Å². The lowest BCUT2D eigenvalue weighted by Crippen LogP contribution is -2.38. The van der Waals surface area contributed by atoms with E-state index >= 15 is 0 Å². The summed E-state index contributed by atoms with van der Waals surface area (Å²) in [7, 11) is 1.63. The van der Waals surface area contributed by atoms with E-state index in [2.05, 4.69) is 17.1 Å². The van der Waals surface area contributed by atoms with E-state index in [0.717, 1.165) is 62.9 Å². The molecule has 29 heavy (non-hydrogen) atoms. The van der Waals surface area contributed by atoms with Gasteiger partial charge in [0.1, 0.15) is 6.61 Å². The predicted octanol–water partition coefficient (Wildman–Crippen LogP) is 3.11. The van der Waals surface area contributed by atoms with Crippen molar-refractivity contribution < 1.29 is 19.0 Å². The summed E-state index contributed by atoms with van der Waals surface area (Å²) in [6, 6.07) is 6.05. The van der Waals surface area contributed by atoms with Crippen molar-refractivity contribution in [2.75, 3.05) is 46.6 Å². The molecule has 6 nitrogen and oxygen atoms in total. The average molecular weight is 403 g/mol. The van der Waals surface area contributed by atoms with Gasteiger partial charge in [0.05, 0.1) is 20.3 Å². The SMILES string of the molecule is COc1cc(/C=C/C(=O)N[C@H]2CC[C@H](C)CC2)ccc1OCCN1CCOCC1. The van der Waals surface area contributed by atoms with Gasteiger partial charge < -0.3 is 19.5 Å². The number of nitrogens with zero attached hydrogens (tertiary/aromatic N) is 1. The highest BCUT2D eigenvalue weighted by Gasteiger charge is 2.18. The molecule has 1 aromatic rings. The molecule has 160 valence electrons. The fourth-order valence-corrected chi connectivity index (χ4v) is 3.84. The van der Waals surface area contributed by atoms with Gasteiger partial charge in [-0.25, -0.2) is 0 Å². The molecule has 1 saturated carbocycles. The maximum atomic E-state index is 12.2. The molecule has 3 rings (SSSR count). The molecule has 1 aliphatic carbocycles. The Labute approximate surface area is 174 Å². The molecule has 0 radical (unpaired) electrons.